The van der Waals surface area contributed by atoms with Crippen molar-refractivity contribution in [3.05, 3.63) is 59.2 Å². The van der Waals surface area contributed by atoms with Crippen molar-refractivity contribution < 1.29 is 19.0 Å². The standard InChI is InChI=1S/C23H26N2O4/c1-15-9-20-21(28-8-7-27-20)11-19(15)23(26)24-17-10-18-14-29-22(13-25(18)12-17)16-5-3-2-4-6-16/h2-6,9,11,17-18,22H,7-8,10,12-14H2,1H3,(H,24,26)/t17-,18+,22-/m1/s1. The molecule has 152 valence electrons. The zero-order valence-electron chi connectivity index (χ0n) is 16.6. The van der Waals surface area contributed by atoms with Crippen molar-refractivity contribution in [3.63, 3.8) is 0 Å². The molecule has 0 spiro atoms. The summed E-state index contributed by atoms with van der Waals surface area (Å²) in [6.07, 6.45) is 1.01. The quantitative estimate of drug-likeness (QED) is 0.868. The SMILES string of the molecule is Cc1cc2c(cc1C(=O)N[C@@H]1C[C@H]3CO[C@@H](c4ccccc4)CN3C1)OCCO2. The second kappa shape index (κ2) is 7.69. The Bertz CT molecular complexity index is 901. The van der Waals surface area contributed by atoms with Gasteiger partial charge in [0.2, 0.25) is 0 Å². The van der Waals surface area contributed by atoms with Gasteiger partial charge in [0.25, 0.3) is 5.91 Å². The monoisotopic (exact) mass is 394 g/mol. The van der Waals surface area contributed by atoms with E-state index in [9.17, 15) is 4.79 Å². The fraction of sp³-hybridized carbons (Fsp3) is 0.435. The van der Waals surface area contributed by atoms with Crippen molar-refractivity contribution in [1.82, 2.24) is 10.2 Å². The van der Waals surface area contributed by atoms with Crippen molar-refractivity contribution in [2.45, 2.75) is 31.5 Å². The fourth-order valence-electron chi connectivity index (χ4n) is 4.55. The Morgan fingerprint density at radius 3 is 2.62 bits per heavy atom. The predicted octanol–water partition coefficient (Wildman–Crippen LogP) is 2.71. The lowest BCUT2D eigenvalue weighted by atomic mass is 10.1. The van der Waals surface area contributed by atoms with Gasteiger partial charge in [0.15, 0.2) is 11.5 Å². The number of hydrogen-bond donors (Lipinski definition) is 1. The highest BCUT2D eigenvalue weighted by Gasteiger charge is 2.38. The van der Waals surface area contributed by atoms with Crippen molar-refractivity contribution in [2.75, 3.05) is 32.9 Å². The minimum absolute atomic E-state index is 0.0511. The number of nitrogens with one attached hydrogen (secondary N) is 1. The van der Waals surface area contributed by atoms with Gasteiger partial charge < -0.3 is 19.5 Å². The smallest absolute Gasteiger partial charge is 0.251 e. The fourth-order valence-corrected chi connectivity index (χ4v) is 4.55. The molecule has 2 aromatic carbocycles. The molecule has 0 aliphatic carbocycles. The first-order chi connectivity index (χ1) is 14.2. The van der Waals surface area contributed by atoms with Crippen LogP contribution in [-0.2, 0) is 4.74 Å². The minimum Gasteiger partial charge on any atom is -0.486 e. The third-order valence-electron chi connectivity index (χ3n) is 6.06. The molecule has 0 bridgehead atoms. The number of ether oxygens (including phenoxy) is 3. The van der Waals surface area contributed by atoms with Crippen LogP contribution in [0.2, 0.25) is 0 Å². The molecule has 0 saturated carbocycles. The maximum atomic E-state index is 12.9. The molecule has 3 heterocycles. The summed E-state index contributed by atoms with van der Waals surface area (Å²) in [4.78, 5) is 15.4. The highest BCUT2D eigenvalue weighted by Crippen LogP contribution is 2.34. The van der Waals surface area contributed by atoms with E-state index in [1.54, 1.807) is 6.07 Å². The first-order valence-corrected chi connectivity index (χ1v) is 10.3. The van der Waals surface area contributed by atoms with Gasteiger partial charge in [-0.15, -0.1) is 0 Å². The van der Waals surface area contributed by atoms with E-state index in [4.69, 9.17) is 14.2 Å². The molecule has 6 heteroatoms. The number of benzene rings is 2. The highest BCUT2D eigenvalue weighted by molar-refractivity contribution is 5.96. The van der Waals surface area contributed by atoms with E-state index in [-0.39, 0.29) is 18.1 Å². The van der Waals surface area contributed by atoms with E-state index < -0.39 is 0 Å². The Balaban J connectivity index is 1.24. The summed E-state index contributed by atoms with van der Waals surface area (Å²) in [5.41, 5.74) is 2.76. The summed E-state index contributed by atoms with van der Waals surface area (Å²) >= 11 is 0. The Morgan fingerprint density at radius 2 is 1.83 bits per heavy atom. The van der Waals surface area contributed by atoms with Gasteiger partial charge in [0, 0.05) is 30.7 Å². The van der Waals surface area contributed by atoms with Crippen LogP contribution in [0, 0.1) is 6.92 Å². The maximum Gasteiger partial charge on any atom is 0.251 e. The third kappa shape index (κ3) is 3.70. The number of amides is 1. The van der Waals surface area contributed by atoms with Gasteiger partial charge in [-0.05, 0) is 36.6 Å². The zero-order chi connectivity index (χ0) is 19.8. The van der Waals surface area contributed by atoms with Crippen LogP contribution in [-0.4, -0.2) is 55.8 Å². The lowest BCUT2D eigenvalue weighted by molar-refractivity contribution is -0.0502. The van der Waals surface area contributed by atoms with Gasteiger partial charge in [-0.2, -0.15) is 0 Å². The molecule has 0 radical (unpaired) electrons. The van der Waals surface area contributed by atoms with E-state index in [0.29, 0.717) is 42.9 Å². The molecule has 2 aromatic rings. The summed E-state index contributed by atoms with van der Waals surface area (Å²) in [6.45, 7) is 5.41. The van der Waals surface area contributed by atoms with E-state index in [1.165, 1.54) is 5.56 Å². The van der Waals surface area contributed by atoms with Crippen LogP contribution < -0.4 is 14.8 Å². The van der Waals surface area contributed by atoms with Crippen molar-refractivity contribution in [1.29, 1.82) is 0 Å². The number of nitrogens with zero attached hydrogens (tertiary/aromatic N) is 1. The highest BCUT2D eigenvalue weighted by atomic mass is 16.6. The van der Waals surface area contributed by atoms with Crippen LogP contribution in [0.25, 0.3) is 0 Å². The number of aryl methyl sites for hydroxylation is 1. The third-order valence-corrected chi connectivity index (χ3v) is 6.06. The predicted molar refractivity (Wildman–Crippen MR) is 109 cm³/mol. The molecule has 0 unspecified atom stereocenters. The number of hydrogen-bond acceptors (Lipinski definition) is 5. The van der Waals surface area contributed by atoms with Crippen LogP contribution in [0.1, 0.15) is 34.0 Å². The number of carbonyl (C=O) groups is 1. The van der Waals surface area contributed by atoms with Gasteiger partial charge in [-0.25, -0.2) is 0 Å². The van der Waals surface area contributed by atoms with Crippen molar-refractivity contribution in [2.24, 2.45) is 0 Å². The van der Waals surface area contributed by atoms with Crippen LogP contribution in [0.15, 0.2) is 42.5 Å². The number of morpholine rings is 1. The normalized spacial score (nSPS) is 26.0. The Hall–Kier alpha value is -2.57. The van der Waals surface area contributed by atoms with Gasteiger partial charge >= 0.3 is 0 Å². The topological polar surface area (TPSA) is 60.0 Å². The zero-order valence-corrected chi connectivity index (χ0v) is 16.6. The molecule has 6 nitrogen and oxygen atoms in total. The van der Waals surface area contributed by atoms with Crippen molar-refractivity contribution >= 4 is 5.91 Å². The summed E-state index contributed by atoms with van der Waals surface area (Å²) in [5, 5.41) is 3.22. The summed E-state index contributed by atoms with van der Waals surface area (Å²) in [6, 6.07) is 14.5. The molecule has 1 N–H and O–H groups in total. The maximum absolute atomic E-state index is 12.9. The first kappa shape index (κ1) is 18.5. The average Bonchev–Trinajstić information content (AvgIpc) is 3.15. The second-order valence-corrected chi connectivity index (χ2v) is 8.06. The molecule has 29 heavy (non-hydrogen) atoms. The van der Waals surface area contributed by atoms with Gasteiger partial charge in [-0.3, -0.25) is 9.69 Å². The molecule has 3 aliphatic rings. The van der Waals surface area contributed by atoms with E-state index in [1.807, 2.05) is 31.2 Å². The molecule has 3 atom stereocenters. The number of carbonyl (C=O) groups excluding carboxylic acids is 1. The van der Waals surface area contributed by atoms with Crippen LogP contribution in [0.4, 0.5) is 0 Å². The molecule has 3 aliphatic heterocycles. The van der Waals surface area contributed by atoms with Crippen LogP contribution >= 0.6 is 0 Å². The van der Waals surface area contributed by atoms with Gasteiger partial charge in [0.05, 0.1) is 12.7 Å². The first-order valence-electron chi connectivity index (χ1n) is 10.3. The molecular formula is C23H26N2O4. The lowest BCUT2D eigenvalue weighted by Gasteiger charge is -2.35. The molecule has 2 saturated heterocycles. The van der Waals surface area contributed by atoms with Gasteiger partial charge in [0.1, 0.15) is 13.2 Å². The molecule has 5 rings (SSSR count). The second-order valence-electron chi connectivity index (χ2n) is 8.06. The molecular weight excluding hydrogens is 368 g/mol. The largest absolute Gasteiger partial charge is 0.486 e. The van der Waals surface area contributed by atoms with E-state index in [0.717, 1.165) is 25.1 Å². The van der Waals surface area contributed by atoms with Gasteiger partial charge in [-0.1, -0.05) is 30.3 Å². The summed E-state index contributed by atoms with van der Waals surface area (Å²) < 4.78 is 17.4. The average molecular weight is 394 g/mol. The van der Waals surface area contributed by atoms with Crippen molar-refractivity contribution in [3.8, 4) is 11.5 Å². The molecule has 0 aromatic heterocycles. The van der Waals surface area contributed by atoms with E-state index in [2.05, 4.69) is 22.3 Å². The summed E-state index contributed by atoms with van der Waals surface area (Å²) in [7, 11) is 0. The number of fused-ring (bicyclic) bond motifs is 2. The number of rotatable bonds is 3. The Kier molecular flexibility index (Phi) is 4.89. The Labute approximate surface area is 170 Å². The molecule has 2 fully saturated rings. The Morgan fingerprint density at radius 1 is 1.07 bits per heavy atom. The molecule has 1 amide bonds. The minimum atomic E-state index is -0.0511. The van der Waals surface area contributed by atoms with Crippen LogP contribution in [0.5, 0.6) is 11.5 Å². The van der Waals surface area contributed by atoms with Crippen LogP contribution in [0.3, 0.4) is 0 Å². The summed E-state index contributed by atoms with van der Waals surface area (Å²) in [5.74, 6) is 1.31. The van der Waals surface area contributed by atoms with E-state index >= 15 is 0 Å². The lowest BCUT2D eigenvalue weighted by Crippen LogP contribution is -2.43.